The van der Waals surface area contributed by atoms with E-state index in [4.69, 9.17) is 18.9 Å². The summed E-state index contributed by atoms with van der Waals surface area (Å²) in [5, 5.41) is 67.7. The van der Waals surface area contributed by atoms with Gasteiger partial charge in [-0.05, 0) is 0 Å². The molecule has 11 heteroatoms. The van der Waals surface area contributed by atoms with Crippen LogP contribution in [0.25, 0.3) is 0 Å². The first-order valence-corrected chi connectivity index (χ1v) is 7.45. The third-order valence-electron chi connectivity index (χ3n) is 4.11. The van der Waals surface area contributed by atoms with Crippen LogP contribution >= 0.6 is 0 Å². The second-order valence-electron chi connectivity index (χ2n) is 5.84. The zero-order valence-electron chi connectivity index (χ0n) is 13.0. The van der Waals surface area contributed by atoms with E-state index in [0.29, 0.717) is 0 Å². The highest BCUT2D eigenvalue weighted by atomic mass is 16.7. The van der Waals surface area contributed by atoms with Crippen molar-refractivity contribution in [3.8, 4) is 0 Å². The summed E-state index contributed by atoms with van der Waals surface area (Å²) >= 11 is 0. The summed E-state index contributed by atoms with van der Waals surface area (Å²) in [6.07, 6.45) is -14.6. The van der Waals surface area contributed by atoms with Gasteiger partial charge in [-0.3, -0.25) is 0 Å². The Kier molecular flexibility index (Phi) is 6.87. The van der Waals surface area contributed by atoms with Gasteiger partial charge in [0.05, 0.1) is 13.2 Å². The molecule has 142 valence electrons. The standard InChI is InChI=1S/C13H24O11/c1-21-2-4-6(14)9(17)11(19)13(24-4)22-3-5-7(15)8(16)10(18)12(20)23-5/h4-20H,2-3H2,1H3/t4?,5?,6-,7-,8-,9-,10?,11?,12+,13+/m1/s1. The van der Waals surface area contributed by atoms with Gasteiger partial charge in [0, 0.05) is 7.11 Å². The van der Waals surface area contributed by atoms with Gasteiger partial charge in [-0.15, -0.1) is 0 Å². The van der Waals surface area contributed by atoms with Crippen molar-refractivity contribution >= 4 is 0 Å². The smallest absolute Gasteiger partial charge is 0.186 e. The second-order valence-corrected chi connectivity index (χ2v) is 5.84. The van der Waals surface area contributed by atoms with E-state index in [1.54, 1.807) is 0 Å². The average molecular weight is 356 g/mol. The summed E-state index contributed by atoms with van der Waals surface area (Å²) in [6.45, 7) is -0.483. The minimum Gasteiger partial charge on any atom is -0.387 e. The van der Waals surface area contributed by atoms with Crippen LogP contribution in [0.1, 0.15) is 0 Å². The fourth-order valence-corrected chi connectivity index (χ4v) is 2.61. The lowest BCUT2D eigenvalue weighted by molar-refractivity contribution is -0.326. The predicted octanol–water partition coefficient (Wildman–Crippen LogP) is -4.74. The lowest BCUT2D eigenvalue weighted by Crippen LogP contribution is -2.61. The normalized spacial score (nSPS) is 50.0. The Morgan fingerprint density at radius 2 is 1.21 bits per heavy atom. The Bertz CT molecular complexity index is 396. The molecule has 0 radical (unpaired) electrons. The molecule has 11 nitrogen and oxygen atoms in total. The third-order valence-corrected chi connectivity index (χ3v) is 4.11. The molecule has 7 N–H and O–H groups in total. The number of aliphatic hydroxyl groups is 7. The highest BCUT2D eigenvalue weighted by Gasteiger charge is 2.46. The molecule has 2 rings (SSSR count). The second kappa shape index (κ2) is 8.29. The minimum absolute atomic E-state index is 0.0586. The molecule has 0 saturated carbocycles. The molecule has 0 spiro atoms. The molecule has 0 amide bonds. The van der Waals surface area contributed by atoms with Crippen LogP contribution in [-0.2, 0) is 18.9 Å². The van der Waals surface area contributed by atoms with Crippen LogP contribution < -0.4 is 0 Å². The van der Waals surface area contributed by atoms with E-state index in [-0.39, 0.29) is 6.61 Å². The van der Waals surface area contributed by atoms with Crippen LogP contribution in [0.3, 0.4) is 0 Å². The first-order chi connectivity index (χ1) is 11.3. The van der Waals surface area contributed by atoms with Crippen molar-refractivity contribution < 1.29 is 54.7 Å². The minimum atomic E-state index is -1.72. The van der Waals surface area contributed by atoms with Crippen molar-refractivity contribution in [3.05, 3.63) is 0 Å². The molecule has 2 heterocycles. The van der Waals surface area contributed by atoms with Crippen molar-refractivity contribution in [3.63, 3.8) is 0 Å². The first-order valence-electron chi connectivity index (χ1n) is 7.45. The Balaban J connectivity index is 1.94. The number of aliphatic hydroxyl groups excluding tert-OH is 7. The zero-order valence-corrected chi connectivity index (χ0v) is 13.0. The molecule has 0 aromatic rings. The van der Waals surface area contributed by atoms with E-state index in [1.165, 1.54) is 7.11 Å². The first kappa shape index (κ1) is 19.9. The zero-order chi connectivity index (χ0) is 18.0. The van der Waals surface area contributed by atoms with Crippen molar-refractivity contribution in [2.45, 2.75) is 61.4 Å². The molecule has 24 heavy (non-hydrogen) atoms. The van der Waals surface area contributed by atoms with Crippen molar-refractivity contribution in [1.29, 1.82) is 0 Å². The molecule has 2 fully saturated rings. The van der Waals surface area contributed by atoms with Crippen molar-refractivity contribution in [1.82, 2.24) is 0 Å². The van der Waals surface area contributed by atoms with Crippen molar-refractivity contribution in [2.75, 3.05) is 20.3 Å². The van der Waals surface area contributed by atoms with Crippen molar-refractivity contribution in [2.24, 2.45) is 0 Å². The van der Waals surface area contributed by atoms with Gasteiger partial charge in [-0.1, -0.05) is 0 Å². The third kappa shape index (κ3) is 4.03. The quantitative estimate of drug-likeness (QED) is 0.251. The van der Waals surface area contributed by atoms with E-state index in [0.717, 1.165) is 0 Å². The van der Waals surface area contributed by atoms with Crippen LogP contribution in [0.15, 0.2) is 0 Å². The van der Waals surface area contributed by atoms with Gasteiger partial charge in [0.25, 0.3) is 0 Å². The Hall–Kier alpha value is -0.440. The van der Waals surface area contributed by atoms with E-state index < -0.39 is 68.0 Å². The molecule has 0 bridgehead atoms. The molecule has 0 aromatic carbocycles. The Morgan fingerprint density at radius 3 is 1.79 bits per heavy atom. The summed E-state index contributed by atoms with van der Waals surface area (Å²) in [5.74, 6) is 0. The van der Waals surface area contributed by atoms with Gasteiger partial charge in [0.1, 0.15) is 48.8 Å². The fraction of sp³-hybridized carbons (Fsp3) is 1.00. The molecule has 0 aromatic heterocycles. The van der Waals surface area contributed by atoms with Gasteiger partial charge in [0.2, 0.25) is 0 Å². The van der Waals surface area contributed by atoms with Gasteiger partial charge in [-0.2, -0.15) is 0 Å². The Labute approximate surface area is 137 Å². The monoisotopic (exact) mass is 356 g/mol. The van der Waals surface area contributed by atoms with Gasteiger partial charge < -0.3 is 54.7 Å². The molecule has 2 aliphatic heterocycles. The lowest BCUT2D eigenvalue weighted by atomic mass is 9.98. The largest absolute Gasteiger partial charge is 0.387 e. The topological polar surface area (TPSA) is 179 Å². The maximum absolute atomic E-state index is 9.89. The van der Waals surface area contributed by atoms with E-state index in [9.17, 15) is 35.7 Å². The van der Waals surface area contributed by atoms with Crippen LogP contribution in [0, 0.1) is 0 Å². The van der Waals surface area contributed by atoms with E-state index >= 15 is 0 Å². The molecule has 10 atom stereocenters. The van der Waals surface area contributed by atoms with E-state index in [2.05, 4.69) is 0 Å². The number of hydrogen-bond acceptors (Lipinski definition) is 11. The van der Waals surface area contributed by atoms with Crippen LogP contribution in [-0.4, -0.2) is 117 Å². The van der Waals surface area contributed by atoms with Crippen LogP contribution in [0.2, 0.25) is 0 Å². The number of hydrogen-bond donors (Lipinski definition) is 7. The van der Waals surface area contributed by atoms with Gasteiger partial charge in [0.15, 0.2) is 12.6 Å². The number of rotatable bonds is 5. The molecule has 0 aliphatic carbocycles. The molecule has 2 saturated heterocycles. The summed E-state index contributed by atoms with van der Waals surface area (Å²) < 4.78 is 20.3. The van der Waals surface area contributed by atoms with Crippen LogP contribution in [0.4, 0.5) is 0 Å². The van der Waals surface area contributed by atoms with Gasteiger partial charge in [-0.25, -0.2) is 0 Å². The molecule has 4 unspecified atom stereocenters. The summed E-state index contributed by atoms with van der Waals surface area (Å²) in [5.41, 5.74) is 0. The molecular formula is C13H24O11. The summed E-state index contributed by atoms with van der Waals surface area (Å²) in [6, 6.07) is 0. The predicted molar refractivity (Wildman–Crippen MR) is 73.4 cm³/mol. The van der Waals surface area contributed by atoms with E-state index in [1.807, 2.05) is 0 Å². The molecule has 2 aliphatic rings. The maximum atomic E-state index is 9.89. The van der Waals surface area contributed by atoms with Gasteiger partial charge >= 0.3 is 0 Å². The maximum Gasteiger partial charge on any atom is 0.186 e. The summed E-state index contributed by atoms with van der Waals surface area (Å²) in [4.78, 5) is 0. The molecular weight excluding hydrogens is 332 g/mol. The lowest BCUT2D eigenvalue weighted by Gasteiger charge is -2.42. The summed E-state index contributed by atoms with van der Waals surface area (Å²) in [7, 11) is 1.36. The highest BCUT2D eigenvalue weighted by Crippen LogP contribution is 2.25. The number of ether oxygens (including phenoxy) is 4. The SMILES string of the molecule is COCC1O[C@H](OCC2O[C@H](O)C(O)[C@H](O)[C@@H]2O)C(O)[C@H](O)[C@@H]1O. The van der Waals surface area contributed by atoms with Crippen LogP contribution in [0.5, 0.6) is 0 Å². The Morgan fingerprint density at radius 1 is 0.667 bits per heavy atom. The number of methoxy groups -OCH3 is 1. The fourth-order valence-electron chi connectivity index (χ4n) is 2.61. The average Bonchev–Trinajstić information content (AvgIpc) is 2.56. The highest BCUT2D eigenvalue weighted by molar-refractivity contribution is 4.91.